The zero-order valence-corrected chi connectivity index (χ0v) is 17.2. The summed E-state index contributed by atoms with van der Waals surface area (Å²) >= 11 is 0. The highest BCUT2D eigenvalue weighted by molar-refractivity contribution is 5.50. The molecule has 0 aliphatic rings. The van der Waals surface area contributed by atoms with Gasteiger partial charge in [0.15, 0.2) is 0 Å². The van der Waals surface area contributed by atoms with Crippen molar-refractivity contribution in [1.29, 1.82) is 0 Å². The first kappa shape index (κ1) is 22.0. The minimum absolute atomic E-state index is 0.0277. The molecule has 0 aliphatic heterocycles. The van der Waals surface area contributed by atoms with Crippen LogP contribution in [0.15, 0.2) is 12.1 Å². The summed E-state index contributed by atoms with van der Waals surface area (Å²) in [5.41, 5.74) is 2.07. The maximum atomic E-state index is 10.8. The van der Waals surface area contributed by atoms with Gasteiger partial charge in [0.2, 0.25) is 0 Å². The Morgan fingerprint density at radius 1 is 0.840 bits per heavy atom. The molecule has 25 heavy (non-hydrogen) atoms. The molecule has 0 spiro atoms. The summed E-state index contributed by atoms with van der Waals surface area (Å²) in [7, 11) is 0. The Balaban J connectivity index is 3.44. The van der Waals surface area contributed by atoms with E-state index in [-0.39, 0.29) is 24.0 Å². The molecule has 0 heterocycles. The summed E-state index contributed by atoms with van der Waals surface area (Å²) in [5, 5.41) is 30.8. The molecule has 3 heteroatoms. The molecule has 0 saturated heterocycles. The molecular formula is C22H38O3. The van der Waals surface area contributed by atoms with Crippen molar-refractivity contribution < 1.29 is 15.3 Å². The molecule has 1 rings (SSSR count). The van der Waals surface area contributed by atoms with Crippen LogP contribution >= 0.6 is 0 Å². The predicted octanol–water partition coefficient (Wildman–Crippen LogP) is 4.69. The van der Waals surface area contributed by atoms with Gasteiger partial charge in [-0.2, -0.15) is 0 Å². The van der Waals surface area contributed by atoms with Gasteiger partial charge in [0.25, 0.3) is 0 Å². The number of hydrogen-bond donors (Lipinski definition) is 3. The number of phenolic OH excluding ortho intramolecular Hbond substituents is 1. The first-order valence-corrected chi connectivity index (χ1v) is 9.49. The standard InChI is InChI=1S/C22H38O3/c1-8-9-10-22(14-23,15-24)13-16-11-17(20(2,3)4)19(25)18(12-16)21(5,6)7/h11-12,23-25H,8-10,13-15H2,1-7H3. The van der Waals surface area contributed by atoms with Crippen molar-refractivity contribution >= 4 is 0 Å². The zero-order valence-electron chi connectivity index (χ0n) is 17.2. The van der Waals surface area contributed by atoms with Crippen LogP contribution in [0.4, 0.5) is 0 Å². The summed E-state index contributed by atoms with van der Waals surface area (Å²) in [4.78, 5) is 0. The van der Waals surface area contributed by atoms with Crippen molar-refractivity contribution in [2.24, 2.45) is 5.41 Å². The van der Waals surface area contributed by atoms with E-state index in [2.05, 4.69) is 60.6 Å². The Bertz CT molecular complexity index is 523. The van der Waals surface area contributed by atoms with Gasteiger partial charge in [0, 0.05) is 5.41 Å². The lowest BCUT2D eigenvalue weighted by molar-refractivity contribution is 0.0453. The highest BCUT2D eigenvalue weighted by atomic mass is 16.3. The number of aromatic hydroxyl groups is 1. The summed E-state index contributed by atoms with van der Waals surface area (Å²) in [6.07, 6.45) is 3.44. The molecule has 0 unspecified atom stereocenters. The van der Waals surface area contributed by atoms with E-state index >= 15 is 0 Å². The van der Waals surface area contributed by atoms with E-state index in [0.29, 0.717) is 12.2 Å². The number of benzene rings is 1. The van der Waals surface area contributed by atoms with E-state index in [0.717, 1.165) is 36.0 Å². The van der Waals surface area contributed by atoms with Crippen molar-refractivity contribution in [3.63, 3.8) is 0 Å². The molecule has 3 nitrogen and oxygen atoms in total. The van der Waals surface area contributed by atoms with Gasteiger partial charge in [-0.25, -0.2) is 0 Å². The molecule has 3 N–H and O–H groups in total. The Morgan fingerprint density at radius 2 is 1.28 bits per heavy atom. The van der Waals surface area contributed by atoms with E-state index in [4.69, 9.17) is 0 Å². The van der Waals surface area contributed by atoms with Gasteiger partial charge in [-0.1, -0.05) is 73.4 Å². The van der Waals surface area contributed by atoms with E-state index in [1.165, 1.54) is 0 Å². The predicted molar refractivity (Wildman–Crippen MR) is 105 cm³/mol. The first-order valence-electron chi connectivity index (χ1n) is 9.49. The number of aliphatic hydroxyl groups is 2. The Labute approximate surface area is 154 Å². The van der Waals surface area contributed by atoms with Gasteiger partial charge in [0.05, 0.1) is 13.2 Å². The third-order valence-electron chi connectivity index (χ3n) is 5.10. The van der Waals surface area contributed by atoms with Gasteiger partial charge in [-0.15, -0.1) is 0 Å². The summed E-state index contributed by atoms with van der Waals surface area (Å²) in [5.74, 6) is 0.371. The number of unbranched alkanes of at least 4 members (excludes halogenated alkanes) is 1. The third kappa shape index (κ3) is 5.46. The molecule has 0 aromatic heterocycles. The summed E-state index contributed by atoms with van der Waals surface area (Å²) in [6, 6.07) is 4.10. The largest absolute Gasteiger partial charge is 0.507 e. The number of rotatable bonds is 7. The van der Waals surface area contributed by atoms with E-state index < -0.39 is 5.41 Å². The molecule has 0 fully saturated rings. The van der Waals surface area contributed by atoms with Crippen molar-refractivity contribution in [2.75, 3.05) is 13.2 Å². The van der Waals surface area contributed by atoms with Crippen LogP contribution in [0.2, 0.25) is 0 Å². The van der Waals surface area contributed by atoms with Gasteiger partial charge in [0.1, 0.15) is 5.75 Å². The second kappa shape index (κ2) is 8.09. The second-order valence-electron chi connectivity index (χ2n) is 9.64. The lowest BCUT2D eigenvalue weighted by atomic mass is 9.74. The molecular weight excluding hydrogens is 312 g/mol. The monoisotopic (exact) mass is 350 g/mol. The highest BCUT2D eigenvalue weighted by Gasteiger charge is 2.31. The van der Waals surface area contributed by atoms with Crippen LogP contribution in [0.3, 0.4) is 0 Å². The van der Waals surface area contributed by atoms with Crippen molar-refractivity contribution in [3.8, 4) is 5.75 Å². The van der Waals surface area contributed by atoms with Gasteiger partial charge < -0.3 is 15.3 Å². The summed E-state index contributed by atoms with van der Waals surface area (Å²) in [6.45, 7) is 14.7. The van der Waals surface area contributed by atoms with Crippen LogP contribution in [0.5, 0.6) is 5.75 Å². The maximum Gasteiger partial charge on any atom is 0.123 e. The fourth-order valence-corrected chi connectivity index (χ4v) is 3.33. The average Bonchev–Trinajstić information content (AvgIpc) is 2.50. The first-order chi connectivity index (χ1) is 11.4. The number of phenols is 1. The van der Waals surface area contributed by atoms with Crippen LogP contribution in [-0.4, -0.2) is 28.5 Å². The topological polar surface area (TPSA) is 60.7 Å². The van der Waals surface area contributed by atoms with Crippen LogP contribution in [-0.2, 0) is 17.3 Å². The van der Waals surface area contributed by atoms with Crippen LogP contribution < -0.4 is 0 Å². The molecule has 0 aliphatic carbocycles. The Kier molecular flexibility index (Phi) is 7.12. The second-order valence-corrected chi connectivity index (χ2v) is 9.64. The maximum absolute atomic E-state index is 10.8. The Hall–Kier alpha value is -1.06. The number of hydrogen-bond acceptors (Lipinski definition) is 3. The molecule has 144 valence electrons. The lowest BCUT2D eigenvalue weighted by Crippen LogP contribution is -2.33. The molecule has 0 radical (unpaired) electrons. The van der Waals surface area contributed by atoms with E-state index in [1.807, 2.05) is 0 Å². The van der Waals surface area contributed by atoms with Crippen molar-refractivity contribution in [1.82, 2.24) is 0 Å². The molecule has 0 bridgehead atoms. The fraction of sp³-hybridized carbons (Fsp3) is 0.727. The van der Waals surface area contributed by atoms with Gasteiger partial charge in [-0.05, 0) is 40.4 Å². The number of aliphatic hydroxyl groups excluding tert-OH is 2. The average molecular weight is 351 g/mol. The van der Waals surface area contributed by atoms with Crippen molar-refractivity contribution in [2.45, 2.75) is 85.0 Å². The zero-order chi connectivity index (χ0) is 19.5. The summed E-state index contributed by atoms with van der Waals surface area (Å²) < 4.78 is 0. The van der Waals surface area contributed by atoms with E-state index in [9.17, 15) is 15.3 Å². The van der Waals surface area contributed by atoms with Gasteiger partial charge in [-0.3, -0.25) is 0 Å². The molecule has 0 saturated carbocycles. The lowest BCUT2D eigenvalue weighted by Gasteiger charge is -2.33. The quantitative estimate of drug-likeness (QED) is 0.668. The minimum atomic E-state index is -0.503. The van der Waals surface area contributed by atoms with Crippen LogP contribution in [0.25, 0.3) is 0 Å². The van der Waals surface area contributed by atoms with Crippen LogP contribution in [0, 0.1) is 5.41 Å². The highest BCUT2D eigenvalue weighted by Crippen LogP contribution is 2.41. The molecule has 0 amide bonds. The smallest absolute Gasteiger partial charge is 0.123 e. The van der Waals surface area contributed by atoms with Crippen LogP contribution in [0.1, 0.15) is 84.4 Å². The normalized spacial score (nSPS) is 13.3. The van der Waals surface area contributed by atoms with E-state index in [1.54, 1.807) is 0 Å². The molecule has 0 atom stereocenters. The minimum Gasteiger partial charge on any atom is -0.507 e. The van der Waals surface area contributed by atoms with Crippen molar-refractivity contribution in [3.05, 3.63) is 28.8 Å². The molecule has 1 aromatic rings. The third-order valence-corrected chi connectivity index (χ3v) is 5.10. The fourth-order valence-electron chi connectivity index (χ4n) is 3.33. The molecule has 1 aromatic carbocycles. The van der Waals surface area contributed by atoms with Gasteiger partial charge >= 0.3 is 0 Å². The SMILES string of the molecule is CCCCC(CO)(CO)Cc1cc(C(C)(C)C)c(O)c(C(C)(C)C)c1. The Morgan fingerprint density at radius 3 is 1.60 bits per heavy atom.